The van der Waals surface area contributed by atoms with Crippen molar-refractivity contribution < 1.29 is 9.66 Å². The van der Waals surface area contributed by atoms with E-state index in [0.717, 1.165) is 0 Å². The lowest BCUT2D eigenvalue weighted by atomic mass is 10.2. The monoisotopic (exact) mass is 344 g/mol. The van der Waals surface area contributed by atoms with E-state index in [1.807, 2.05) is 36.9 Å². The Balaban J connectivity index is 1.99. The Hall–Kier alpha value is -2.94. The second-order valence-corrected chi connectivity index (χ2v) is 6.02. The molecule has 1 aliphatic heterocycles. The number of nitrogens with zero attached hydrogens (tertiary/aromatic N) is 4. The smallest absolute Gasteiger partial charge is 0.353 e. The van der Waals surface area contributed by atoms with Gasteiger partial charge >= 0.3 is 5.69 Å². The summed E-state index contributed by atoms with van der Waals surface area (Å²) in [6.07, 6.45) is 0.0172. The lowest BCUT2D eigenvalue weighted by Gasteiger charge is -2.35. The van der Waals surface area contributed by atoms with Crippen LogP contribution in [0.15, 0.2) is 30.3 Å². The van der Waals surface area contributed by atoms with Gasteiger partial charge in [-0.15, -0.1) is 0 Å². The molecule has 3 rings (SSSR count). The van der Waals surface area contributed by atoms with E-state index >= 15 is 0 Å². The second-order valence-electron chi connectivity index (χ2n) is 6.02. The van der Waals surface area contributed by atoms with Crippen molar-refractivity contribution in [3.8, 4) is 0 Å². The third-order valence-corrected chi connectivity index (χ3v) is 3.82. The van der Waals surface area contributed by atoms with Gasteiger partial charge in [0.05, 0.1) is 17.1 Å². The number of para-hydroxylation sites is 1. The molecule has 0 unspecified atom stereocenters. The highest BCUT2D eigenvalue weighted by Crippen LogP contribution is 2.32. The number of nitrogen functional groups attached to an aromatic ring is 1. The van der Waals surface area contributed by atoms with Gasteiger partial charge in [0.25, 0.3) is 0 Å². The van der Waals surface area contributed by atoms with E-state index in [1.165, 1.54) is 0 Å². The molecule has 0 radical (unpaired) electrons. The van der Waals surface area contributed by atoms with E-state index < -0.39 is 4.92 Å². The van der Waals surface area contributed by atoms with Crippen LogP contribution in [0, 0.1) is 10.1 Å². The van der Waals surface area contributed by atoms with E-state index in [9.17, 15) is 10.1 Å². The van der Waals surface area contributed by atoms with Crippen molar-refractivity contribution in [2.75, 3.05) is 29.0 Å². The summed E-state index contributed by atoms with van der Waals surface area (Å²) in [4.78, 5) is 21.3. The van der Waals surface area contributed by atoms with Gasteiger partial charge in [-0.1, -0.05) is 18.2 Å². The first-order chi connectivity index (χ1) is 11.9. The van der Waals surface area contributed by atoms with E-state index in [0.29, 0.717) is 24.7 Å². The molecule has 0 bridgehead atoms. The van der Waals surface area contributed by atoms with Crippen LogP contribution in [0.5, 0.6) is 0 Å². The van der Waals surface area contributed by atoms with Crippen LogP contribution in [0.1, 0.15) is 13.8 Å². The van der Waals surface area contributed by atoms with E-state index in [1.54, 1.807) is 12.1 Å². The summed E-state index contributed by atoms with van der Waals surface area (Å²) in [7, 11) is 0. The van der Waals surface area contributed by atoms with Gasteiger partial charge in [0.15, 0.2) is 0 Å². The molecule has 1 aromatic carbocycles. The van der Waals surface area contributed by atoms with E-state index in [4.69, 9.17) is 10.5 Å². The fraction of sp³-hybridized carbons (Fsp3) is 0.375. The van der Waals surface area contributed by atoms with E-state index in [2.05, 4.69) is 15.3 Å². The van der Waals surface area contributed by atoms with Crippen molar-refractivity contribution in [2.45, 2.75) is 26.1 Å². The van der Waals surface area contributed by atoms with Gasteiger partial charge < -0.3 is 20.7 Å². The lowest BCUT2D eigenvalue weighted by molar-refractivity contribution is -0.383. The molecule has 2 atom stereocenters. The molecule has 2 heterocycles. The molecule has 2 aromatic rings. The molecule has 1 aliphatic rings. The molecule has 9 nitrogen and oxygen atoms in total. The highest BCUT2D eigenvalue weighted by molar-refractivity contribution is 5.74. The molecule has 132 valence electrons. The summed E-state index contributed by atoms with van der Waals surface area (Å²) in [5.74, 6) is 0.259. The number of ether oxygens (including phenoxy) is 1. The maximum atomic E-state index is 11.4. The van der Waals surface area contributed by atoms with Crippen molar-refractivity contribution in [2.24, 2.45) is 0 Å². The van der Waals surface area contributed by atoms with Gasteiger partial charge in [-0.25, -0.2) is 0 Å². The number of nitrogens with two attached hydrogens (primary N) is 1. The Morgan fingerprint density at radius 2 is 1.88 bits per heavy atom. The molecular weight excluding hydrogens is 324 g/mol. The fourth-order valence-electron chi connectivity index (χ4n) is 2.87. The van der Waals surface area contributed by atoms with Crippen LogP contribution in [0.4, 0.5) is 29.0 Å². The Morgan fingerprint density at radius 1 is 1.24 bits per heavy atom. The molecule has 0 saturated carbocycles. The standard InChI is InChI=1S/C16H20N6O3/c1-10-8-21(9-11(2)25-10)16-19-14(17)13(22(23)24)15(20-16)18-12-6-4-3-5-7-12/h3-7,10-11H,8-9H2,1-2H3,(H3,17,18,19,20)/t10-,11-/m0/s1. The Kier molecular flexibility index (Phi) is 4.66. The minimum absolute atomic E-state index is 0.00861. The molecule has 1 aromatic heterocycles. The molecule has 0 amide bonds. The highest BCUT2D eigenvalue weighted by Gasteiger charge is 2.29. The summed E-state index contributed by atoms with van der Waals surface area (Å²) in [6.45, 7) is 5.10. The van der Waals surface area contributed by atoms with Crippen LogP contribution in [0.25, 0.3) is 0 Å². The first kappa shape index (κ1) is 16.9. The quantitative estimate of drug-likeness (QED) is 0.640. The lowest BCUT2D eigenvalue weighted by Crippen LogP contribution is -2.46. The summed E-state index contributed by atoms with van der Waals surface area (Å²) in [6, 6.07) is 9.09. The SMILES string of the molecule is C[C@H]1CN(c2nc(N)c([N+](=O)[O-])c(Nc3ccccc3)n2)C[C@H](C)O1. The minimum Gasteiger partial charge on any atom is -0.378 e. The highest BCUT2D eigenvalue weighted by atomic mass is 16.6. The zero-order valence-electron chi connectivity index (χ0n) is 14.0. The van der Waals surface area contributed by atoms with Crippen molar-refractivity contribution in [3.05, 3.63) is 40.4 Å². The normalized spacial score (nSPS) is 20.3. The van der Waals surface area contributed by atoms with Gasteiger partial charge in [-0.2, -0.15) is 9.97 Å². The Morgan fingerprint density at radius 3 is 2.48 bits per heavy atom. The van der Waals surface area contributed by atoms with Crippen LogP contribution in [-0.4, -0.2) is 40.2 Å². The van der Waals surface area contributed by atoms with Crippen LogP contribution in [-0.2, 0) is 4.74 Å². The van der Waals surface area contributed by atoms with Crippen LogP contribution < -0.4 is 16.0 Å². The van der Waals surface area contributed by atoms with Crippen molar-refractivity contribution in [1.82, 2.24) is 9.97 Å². The zero-order valence-corrected chi connectivity index (χ0v) is 14.0. The molecule has 3 N–H and O–H groups in total. The number of hydrogen-bond donors (Lipinski definition) is 2. The molecular formula is C16H20N6O3. The van der Waals surface area contributed by atoms with Gasteiger partial charge in [0, 0.05) is 18.8 Å². The first-order valence-electron chi connectivity index (χ1n) is 7.98. The van der Waals surface area contributed by atoms with Gasteiger partial charge in [-0.3, -0.25) is 10.1 Å². The third-order valence-electron chi connectivity index (χ3n) is 3.82. The molecule has 0 aliphatic carbocycles. The van der Waals surface area contributed by atoms with Crippen molar-refractivity contribution >= 4 is 29.0 Å². The number of hydrogen-bond acceptors (Lipinski definition) is 8. The number of rotatable bonds is 4. The third kappa shape index (κ3) is 3.77. The summed E-state index contributed by atoms with van der Waals surface area (Å²) in [5.41, 5.74) is 6.21. The summed E-state index contributed by atoms with van der Waals surface area (Å²) in [5, 5.41) is 14.4. The summed E-state index contributed by atoms with van der Waals surface area (Å²) < 4.78 is 5.70. The maximum Gasteiger partial charge on any atom is 0.353 e. The van der Waals surface area contributed by atoms with Crippen LogP contribution in [0.2, 0.25) is 0 Å². The van der Waals surface area contributed by atoms with Crippen molar-refractivity contribution in [1.29, 1.82) is 0 Å². The minimum atomic E-state index is -0.574. The average Bonchev–Trinajstić information content (AvgIpc) is 2.54. The van der Waals surface area contributed by atoms with Crippen LogP contribution in [0.3, 0.4) is 0 Å². The predicted molar refractivity (Wildman–Crippen MR) is 95.0 cm³/mol. The number of nitrogens with one attached hydrogen (secondary N) is 1. The summed E-state index contributed by atoms with van der Waals surface area (Å²) >= 11 is 0. The molecule has 25 heavy (non-hydrogen) atoms. The molecule has 0 spiro atoms. The van der Waals surface area contributed by atoms with Gasteiger partial charge in [-0.05, 0) is 26.0 Å². The second kappa shape index (κ2) is 6.89. The van der Waals surface area contributed by atoms with Gasteiger partial charge in [0.1, 0.15) is 0 Å². The Labute approximate surface area is 145 Å². The number of anilines is 4. The molecule has 1 fully saturated rings. The number of nitro groups is 1. The largest absolute Gasteiger partial charge is 0.378 e. The topological polar surface area (TPSA) is 119 Å². The maximum absolute atomic E-state index is 11.4. The molecule has 9 heteroatoms. The van der Waals surface area contributed by atoms with Crippen LogP contribution >= 0.6 is 0 Å². The molecule has 1 saturated heterocycles. The first-order valence-corrected chi connectivity index (χ1v) is 7.98. The zero-order chi connectivity index (χ0) is 18.0. The average molecular weight is 344 g/mol. The van der Waals surface area contributed by atoms with Gasteiger partial charge in [0.2, 0.25) is 17.6 Å². The predicted octanol–water partition coefficient (Wildman–Crippen LogP) is 2.32. The van der Waals surface area contributed by atoms with Crippen molar-refractivity contribution in [3.63, 3.8) is 0 Å². The van der Waals surface area contributed by atoms with E-state index in [-0.39, 0.29) is 29.5 Å². The number of aromatic nitrogens is 2. The number of benzene rings is 1. The number of morpholine rings is 1. The Bertz CT molecular complexity index is 760. The fourth-order valence-corrected chi connectivity index (χ4v) is 2.87.